The lowest BCUT2D eigenvalue weighted by Gasteiger charge is -2.27. The van der Waals surface area contributed by atoms with Gasteiger partial charge in [0.1, 0.15) is 0 Å². The van der Waals surface area contributed by atoms with E-state index in [0.29, 0.717) is 18.1 Å². The molecule has 0 unspecified atom stereocenters. The van der Waals surface area contributed by atoms with Crippen LogP contribution in [0.15, 0.2) is 29.2 Å². The number of hydrogen-bond acceptors (Lipinski definition) is 4. The molecule has 0 aliphatic carbocycles. The quantitative estimate of drug-likeness (QED) is 0.840. The van der Waals surface area contributed by atoms with Gasteiger partial charge in [-0.05, 0) is 12.1 Å². The van der Waals surface area contributed by atoms with Crippen molar-refractivity contribution >= 4 is 9.84 Å². The molecule has 1 aromatic carbocycles. The van der Waals surface area contributed by atoms with Crippen molar-refractivity contribution in [3.63, 3.8) is 0 Å². The summed E-state index contributed by atoms with van der Waals surface area (Å²) in [5.41, 5.74) is 0.782. The van der Waals surface area contributed by atoms with Crippen LogP contribution in [0.2, 0.25) is 0 Å². The van der Waals surface area contributed by atoms with E-state index in [1.54, 1.807) is 18.2 Å². The highest BCUT2D eigenvalue weighted by molar-refractivity contribution is 7.90. The maximum atomic E-state index is 11.6. The molecule has 1 saturated heterocycles. The van der Waals surface area contributed by atoms with E-state index in [1.165, 1.54) is 6.26 Å². The van der Waals surface area contributed by atoms with Crippen LogP contribution in [0.3, 0.4) is 0 Å². The van der Waals surface area contributed by atoms with Gasteiger partial charge in [0.25, 0.3) is 0 Å². The molecule has 0 bridgehead atoms. The fourth-order valence-corrected chi connectivity index (χ4v) is 2.87. The predicted molar refractivity (Wildman–Crippen MR) is 68.0 cm³/mol. The topological polar surface area (TPSA) is 52.6 Å². The van der Waals surface area contributed by atoms with Gasteiger partial charge in [-0.1, -0.05) is 25.5 Å². The van der Waals surface area contributed by atoms with Crippen LogP contribution in [-0.2, 0) is 25.1 Å². The molecule has 0 amide bonds. The SMILES string of the molecule is CCCC1(c2cccc(S(C)(=O)=O)c2)OCCO1. The summed E-state index contributed by atoms with van der Waals surface area (Å²) in [6, 6.07) is 6.83. The Balaban J connectivity index is 2.43. The molecule has 0 spiro atoms. The average Bonchev–Trinajstić information content (AvgIpc) is 2.79. The lowest BCUT2D eigenvalue weighted by molar-refractivity contribution is -0.171. The fraction of sp³-hybridized carbons (Fsp3) is 0.538. The Kier molecular flexibility index (Phi) is 3.75. The molecule has 0 saturated carbocycles. The maximum absolute atomic E-state index is 11.6. The van der Waals surface area contributed by atoms with Crippen LogP contribution in [-0.4, -0.2) is 27.9 Å². The molecule has 1 aliphatic rings. The second kappa shape index (κ2) is 4.99. The third kappa shape index (κ3) is 2.58. The molecule has 1 heterocycles. The number of ether oxygens (including phenoxy) is 2. The van der Waals surface area contributed by atoms with Crippen LogP contribution in [0.1, 0.15) is 25.3 Å². The van der Waals surface area contributed by atoms with Gasteiger partial charge in [0.05, 0.1) is 18.1 Å². The lowest BCUT2D eigenvalue weighted by Crippen LogP contribution is -2.27. The first-order valence-corrected chi connectivity index (χ1v) is 7.95. The van der Waals surface area contributed by atoms with Gasteiger partial charge in [-0.15, -0.1) is 0 Å². The summed E-state index contributed by atoms with van der Waals surface area (Å²) >= 11 is 0. The Bertz CT molecular complexity index is 516. The van der Waals surface area contributed by atoms with Crippen LogP contribution in [0.4, 0.5) is 0 Å². The van der Waals surface area contributed by atoms with Gasteiger partial charge in [0.2, 0.25) is 0 Å². The number of sulfone groups is 1. The van der Waals surface area contributed by atoms with E-state index in [-0.39, 0.29) is 0 Å². The molecule has 1 fully saturated rings. The summed E-state index contributed by atoms with van der Waals surface area (Å²) in [5, 5.41) is 0. The summed E-state index contributed by atoms with van der Waals surface area (Å²) in [6.45, 7) is 3.14. The summed E-state index contributed by atoms with van der Waals surface area (Å²) < 4.78 is 34.6. The maximum Gasteiger partial charge on any atom is 0.195 e. The molecule has 5 heteroatoms. The van der Waals surface area contributed by atoms with E-state index in [0.717, 1.165) is 18.4 Å². The monoisotopic (exact) mass is 270 g/mol. The summed E-state index contributed by atoms with van der Waals surface area (Å²) in [6.07, 6.45) is 2.83. The van der Waals surface area contributed by atoms with Gasteiger partial charge in [-0.2, -0.15) is 0 Å². The van der Waals surface area contributed by atoms with Crippen LogP contribution >= 0.6 is 0 Å². The van der Waals surface area contributed by atoms with Crippen molar-refractivity contribution in [1.29, 1.82) is 0 Å². The van der Waals surface area contributed by atoms with Gasteiger partial charge in [-0.3, -0.25) is 0 Å². The van der Waals surface area contributed by atoms with Crippen LogP contribution in [0, 0.1) is 0 Å². The summed E-state index contributed by atoms with van der Waals surface area (Å²) in [7, 11) is -3.21. The molecular weight excluding hydrogens is 252 g/mol. The van der Waals surface area contributed by atoms with Crippen molar-refractivity contribution < 1.29 is 17.9 Å². The number of benzene rings is 1. The zero-order valence-electron chi connectivity index (χ0n) is 10.7. The van der Waals surface area contributed by atoms with E-state index in [2.05, 4.69) is 0 Å². The van der Waals surface area contributed by atoms with Gasteiger partial charge >= 0.3 is 0 Å². The van der Waals surface area contributed by atoms with Gasteiger partial charge in [0.15, 0.2) is 15.6 Å². The fourth-order valence-electron chi connectivity index (χ4n) is 2.20. The molecule has 2 rings (SSSR count). The van der Waals surface area contributed by atoms with E-state index in [9.17, 15) is 8.42 Å². The largest absolute Gasteiger partial charge is 0.343 e. The van der Waals surface area contributed by atoms with Crippen LogP contribution in [0.25, 0.3) is 0 Å². The minimum Gasteiger partial charge on any atom is -0.343 e. The first kappa shape index (κ1) is 13.5. The molecular formula is C13H18O4S. The van der Waals surface area contributed by atoms with E-state index < -0.39 is 15.6 Å². The molecule has 0 radical (unpaired) electrons. The Morgan fingerprint density at radius 1 is 1.28 bits per heavy atom. The Morgan fingerprint density at radius 3 is 2.50 bits per heavy atom. The third-order valence-corrected chi connectivity index (χ3v) is 4.15. The summed E-state index contributed by atoms with van der Waals surface area (Å²) in [5.74, 6) is -0.768. The molecule has 0 N–H and O–H groups in total. The highest BCUT2D eigenvalue weighted by Gasteiger charge is 2.37. The summed E-state index contributed by atoms with van der Waals surface area (Å²) in [4.78, 5) is 0.301. The lowest BCUT2D eigenvalue weighted by atomic mass is 10.0. The van der Waals surface area contributed by atoms with Crippen molar-refractivity contribution in [3.05, 3.63) is 29.8 Å². The average molecular weight is 270 g/mol. The third-order valence-electron chi connectivity index (χ3n) is 3.03. The van der Waals surface area contributed by atoms with Crippen molar-refractivity contribution in [1.82, 2.24) is 0 Å². The predicted octanol–water partition coefficient (Wildman–Crippen LogP) is 2.09. The number of rotatable bonds is 4. The molecule has 1 aliphatic heterocycles. The van der Waals surface area contributed by atoms with Gasteiger partial charge in [0, 0.05) is 18.2 Å². The van der Waals surface area contributed by atoms with E-state index in [1.807, 2.05) is 13.0 Å². The minimum absolute atomic E-state index is 0.301. The van der Waals surface area contributed by atoms with Gasteiger partial charge in [-0.25, -0.2) is 8.42 Å². The first-order chi connectivity index (χ1) is 8.48. The first-order valence-electron chi connectivity index (χ1n) is 6.06. The zero-order valence-corrected chi connectivity index (χ0v) is 11.5. The number of hydrogen-bond donors (Lipinski definition) is 0. The highest BCUT2D eigenvalue weighted by atomic mass is 32.2. The molecule has 0 atom stereocenters. The second-order valence-electron chi connectivity index (χ2n) is 4.50. The van der Waals surface area contributed by atoms with E-state index >= 15 is 0 Å². The molecule has 1 aromatic rings. The second-order valence-corrected chi connectivity index (χ2v) is 6.52. The molecule has 4 nitrogen and oxygen atoms in total. The van der Waals surface area contributed by atoms with Crippen molar-refractivity contribution in [2.75, 3.05) is 19.5 Å². The molecule has 0 aromatic heterocycles. The van der Waals surface area contributed by atoms with Crippen molar-refractivity contribution in [2.24, 2.45) is 0 Å². The normalized spacial score (nSPS) is 19.0. The van der Waals surface area contributed by atoms with Gasteiger partial charge < -0.3 is 9.47 Å². The van der Waals surface area contributed by atoms with Crippen molar-refractivity contribution in [3.8, 4) is 0 Å². The van der Waals surface area contributed by atoms with Crippen molar-refractivity contribution in [2.45, 2.75) is 30.4 Å². The standard InChI is InChI=1S/C13H18O4S/c1-3-7-13(16-8-9-17-13)11-5-4-6-12(10-11)18(2,14)15/h4-6,10H,3,7-9H2,1-2H3. The Hall–Kier alpha value is -0.910. The molecule has 18 heavy (non-hydrogen) atoms. The van der Waals surface area contributed by atoms with Crippen LogP contribution < -0.4 is 0 Å². The zero-order chi connectivity index (χ0) is 13.2. The highest BCUT2D eigenvalue weighted by Crippen LogP contribution is 2.36. The van der Waals surface area contributed by atoms with Crippen LogP contribution in [0.5, 0.6) is 0 Å². The smallest absolute Gasteiger partial charge is 0.195 e. The van der Waals surface area contributed by atoms with E-state index in [4.69, 9.17) is 9.47 Å². The Labute approximate surface area is 108 Å². The minimum atomic E-state index is -3.21. The molecule has 100 valence electrons. The Morgan fingerprint density at radius 2 is 1.94 bits per heavy atom.